The highest BCUT2D eigenvalue weighted by Crippen LogP contribution is 2.31. The van der Waals surface area contributed by atoms with Gasteiger partial charge in [0.15, 0.2) is 0 Å². The van der Waals surface area contributed by atoms with Gasteiger partial charge in [0.25, 0.3) is 5.91 Å². The molecule has 0 saturated heterocycles. The van der Waals surface area contributed by atoms with Gasteiger partial charge in [0.1, 0.15) is 0 Å². The number of carbonyl (C=O) groups is 1. The minimum atomic E-state index is -0.739. The zero-order chi connectivity index (χ0) is 17.3. The average molecular weight is 348 g/mol. The summed E-state index contributed by atoms with van der Waals surface area (Å²) in [7, 11) is 0. The number of nitrogens with zero attached hydrogens (tertiary/aromatic N) is 2. The fourth-order valence-corrected chi connectivity index (χ4v) is 3.19. The number of rotatable bonds is 5. The van der Waals surface area contributed by atoms with Crippen molar-refractivity contribution in [3.05, 3.63) is 46.7 Å². The van der Waals surface area contributed by atoms with Gasteiger partial charge in [0, 0.05) is 11.6 Å². The summed E-state index contributed by atoms with van der Waals surface area (Å²) in [5.41, 5.74) is 1.45. The molecule has 6 heteroatoms. The molecule has 1 aromatic heterocycles. The van der Waals surface area contributed by atoms with Crippen LogP contribution in [0.25, 0.3) is 5.69 Å². The van der Waals surface area contributed by atoms with Crippen molar-refractivity contribution in [3.8, 4) is 5.69 Å². The lowest BCUT2D eigenvalue weighted by Gasteiger charge is -2.36. The van der Waals surface area contributed by atoms with Crippen molar-refractivity contribution in [2.45, 2.75) is 44.6 Å². The summed E-state index contributed by atoms with van der Waals surface area (Å²) in [6.45, 7) is 4.33. The second-order valence-electron chi connectivity index (χ2n) is 6.75. The van der Waals surface area contributed by atoms with Crippen molar-refractivity contribution < 1.29 is 9.90 Å². The lowest BCUT2D eigenvalue weighted by molar-refractivity contribution is -0.0300. The predicted molar refractivity (Wildman–Crippen MR) is 93.8 cm³/mol. The number of halogens is 1. The highest BCUT2D eigenvalue weighted by molar-refractivity contribution is 6.30. The molecular weight excluding hydrogens is 326 g/mol. The number of aromatic nitrogens is 2. The van der Waals surface area contributed by atoms with Crippen LogP contribution in [0, 0.1) is 0 Å². The molecule has 1 aromatic carbocycles. The standard InChI is InChI=1S/C18H22ClN3O2/c1-12(2)16-15(17(23)20-11-18(24)7-4-8-18)10-21-22(16)14-6-3-5-13(19)9-14/h3,5-6,9-10,12,24H,4,7-8,11H2,1-2H3,(H,20,23). The first-order chi connectivity index (χ1) is 11.4. The van der Waals surface area contributed by atoms with Gasteiger partial charge in [0.05, 0.1) is 28.7 Å². The number of carbonyl (C=O) groups excluding carboxylic acids is 1. The van der Waals surface area contributed by atoms with Crippen LogP contribution in [0.4, 0.5) is 0 Å². The van der Waals surface area contributed by atoms with E-state index in [1.54, 1.807) is 16.9 Å². The molecule has 1 saturated carbocycles. The van der Waals surface area contributed by atoms with Crippen LogP contribution < -0.4 is 5.32 Å². The molecule has 128 valence electrons. The molecule has 1 heterocycles. The molecule has 1 amide bonds. The van der Waals surface area contributed by atoms with Crippen LogP contribution in [0.3, 0.4) is 0 Å². The maximum Gasteiger partial charge on any atom is 0.254 e. The lowest BCUT2D eigenvalue weighted by Crippen LogP contribution is -2.47. The molecule has 2 aromatic rings. The molecule has 1 aliphatic rings. The maximum atomic E-state index is 12.6. The summed E-state index contributed by atoms with van der Waals surface area (Å²) >= 11 is 6.07. The molecule has 1 aliphatic carbocycles. The van der Waals surface area contributed by atoms with Crippen LogP contribution >= 0.6 is 11.6 Å². The quantitative estimate of drug-likeness (QED) is 0.872. The number of aliphatic hydroxyl groups is 1. The Kier molecular flexibility index (Phi) is 4.65. The van der Waals surface area contributed by atoms with Crippen molar-refractivity contribution in [3.63, 3.8) is 0 Å². The van der Waals surface area contributed by atoms with Crippen LogP contribution in [0.1, 0.15) is 55.1 Å². The third kappa shape index (κ3) is 3.32. The molecule has 0 aliphatic heterocycles. The van der Waals surface area contributed by atoms with Gasteiger partial charge < -0.3 is 10.4 Å². The second kappa shape index (κ2) is 6.57. The van der Waals surface area contributed by atoms with Crippen LogP contribution in [0.5, 0.6) is 0 Å². The van der Waals surface area contributed by atoms with Crippen molar-refractivity contribution >= 4 is 17.5 Å². The van der Waals surface area contributed by atoms with Gasteiger partial charge in [-0.1, -0.05) is 31.5 Å². The Balaban J connectivity index is 1.87. The minimum absolute atomic E-state index is 0.110. The molecule has 24 heavy (non-hydrogen) atoms. The summed E-state index contributed by atoms with van der Waals surface area (Å²) < 4.78 is 1.75. The molecule has 0 bridgehead atoms. The van der Waals surface area contributed by atoms with Gasteiger partial charge in [-0.15, -0.1) is 0 Å². The zero-order valence-corrected chi connectivity index (χ0v) is 14.7. The number of benzene rings is 1. The first kappa shape index (κ1) is 17.0. The van der Waals surface area contributed by atoms with Crippen LogP contribution in [-0.2, 0) is 0 Å². The normalized spacial score (nSPS) is 16.0. The second-order valence-corrected chi connectivity index (χ2v) is 7.19. The van der Waals surface area contributed by atoms with Gasteiger partial charge in [-0.3, -0.25) is 4.79 Å². The number of amides is 1. The van der Waals surface area contributed by atoms with Crippen molar-refractivity contribution in [1.82, 2.24) is 15.1 Å². The average Bonchev–Trinajstić information content (AvgIpc) is 2.96. The van der Waals surface area contributed by atoms with E-state index in [0.717, 1.165) is 30.6 Å². The summed E-state index contributed by atoms with van der Waals surface area (Å²) in [5.74, 6) is -0.0914. The Hall–Kier alpha value is -1.85. The zero-order valence-electron chi connectivity index (χ0n) is 13.9. The highest BCUT2D eigenvalue weighted by Gasteiger charge is 2.35. The van der Waals surface area contributed by atoms with E-state index in [1.807, 2.05) is 32.0 Å². The minimum Gasteiger partial charge on any atom is -0.388 e. The van der Waals surface area contributed by atoms with Gasteiger partial charge in [-0.05, 0) is 43.4 Å². The topological polar surface area (TPSA) is 67.2 Å². The number of nitrogens with one attached hydrogen (secondary N) is 1. The first-order valence-corrected chi connectivity index (χ1v) is 8.62. The Bertz CT molecular complexity index is 750. The Labute approximate surface area is 146 Å². The van der Waals surface area contributed by atoms with E-state index >= 15 is 0 Å². The molecule has 0 atom stereocenters. The molecular formula is C18H22ClN3O2. The van der Waals surface area contributed by atoms with Gasteiger partial charge in [-0.25, -0.2) is 4.68 Å². The fraction of sp³-hybridized carbons (Fsp3) is 0.444. The maximum absolute atomic E-state index is 12.6. The third-order valence-electron chi connectivity index (χ3n) is 4.51. The number of hydrogen-bond donors (Lipinski definition) is 2. The summed E-state index contributed by atoms with van der Waals surface area (Å²) in [5, 5.41) is 18.0. The van der Waals surface area contributed by atoms with Gasteiger partial charge >= 0.3 is 0 Å². The Morgan fingerprint density at radius 1 is 1.46 bits per heavy atom. The summed E-state index contributed by atoms with van der Waals surface area (Å²) in [4.78, 5) is 12.6. The van der Waals surface area contributed by atoms with Crippen LogP contribution in [0.15, 0.2) is 30.5 Å². The van der Waals surface area contributed by atoms with E-state index in [2.05, 4.69) is 10.4 Å². The molecule has 0 unspecified atom stereocenters. The Morgan fingerprint density at radius 2 is 2.21 bits per heavy atom. The number of hydrogen-bond acceptors (Lipinski definition) is 3. The predicted octanol–water partition coefficient (Wildman–Crippen LogP) is 3.29. The van der Waals surface area contributed by atoms with E-state index in [0.29, 0.717) is 10.6 Å². The molecule has 5 nitrogen and oxygen atoms in total. The monoisotopic (exact) mass is 347 g/mol. The van der Waals surface area contributed by atoms with E-state index in [1.165, 1.54) is 0 Å². The van der Waals surface area contributed by atoms with E-state index in [9.17, 15) is 9.90 Å². The smallest absolute Gasteiger partial charge is 0.254 e. The summed E-state index contributed by atoms with van der Waals surface area (Å²) in [6.07, 6.45) is 4.07. The largest absolute Gasteiger partial charge is 0.388 e. The molecule has 3 rings (SSSR count). The molecule has 0 spiro atoms. The summed E-state index contributed by atoms with van der Waals surface area (Å²) in [6, 6.07) is 7.38. The van der Waals surface area contributed by atoms with Gasteiger partial charge in [-0.2, -0.15) is 5.10 Å². The highest BCUT2D eigenvalue weighted by atomic mass is 35.5. The van der Waals surface area contributed by atoms with Gasteiger partial charge in [0.2, 0.25) is 0 Å². The molecule has 1 fully saturated rings. The molecule has 2 N–H and O–H groups in total. The van der Waals surface area contributed by atoms with E-state index in [4.69, 9.17) is 11.6 Å². The SMILES string of the molecule is CC(C)c1c(C(=O)NCC2(O)CCC2)cnn1-c1cccc(Cl)c1. The molecule has 0 radical (unpaired) electrons. The third-order valence-corrected chi connectivity index (χ3v) is 4.75. The first-order valence-electron chi connectivity index (χ1n) is 8.24. The van der Waals surface area contributed by atoms with E-state index < -0.39 is 5.60 Å². The van der Waals surface area contributed by atoms with Crippen molar-refractivity contribution in [2.75, 3.05) is 6.54 Å². The Morgan fingerprint density at radius 3 is 2.79 bits per heavy atom. The fourth-order valence-electron chi connectivity index (χ4n) is 3.00. The van der Waals surface area contributed by atoms with Crippen molar-refractivity contribution in [1.29, 1.82) is 0 Å². The lowest BCUT2D eigenvalue weighted by atomic mass is 9.80. The van der Waals surface area contributed by atoms with E-state index in [-0.39, 0.29) is 18.4 Å². The van der Waals surface area contributed by atoms with Crippen molar-refractivity contribution in [2.24, 2.45) is 0 Å². The van der Waals surface area contributed by atoms with Crippen LogP contribution in [-0.4, -0.2) is 32.9 Å². The van der Waals surface area contributed by atoms with Crippen LogP contribution in [0.2, 0.25) is 5.02 Å².